The van der Waals surface area contributed by atoms with E-state index in [4.69, 9.17) is 0 Å². The highest BCUT2D eigenvalue weighted by atomic mass is 79.9. The Bertz CT molecular complexity index is 703. The lowest BCUT2D eigenvalue weighted by atomic mass is 9.93. The molecule has 0 amide bonds. The van der Waals surface area contributed by atoms with Crippen molar-refractivity contribution in [3.8, 4) is 0 Å². The molecule has 0 spiro atoms. The lowest BCUT2D eigenvalue weighted by molar-refractivity contribution is 0.101. The van der Waals surface area contributed by atoms with E-state index in [0.29, 0.717) is 0 Å². The molecule has 0 radical (unpaired) electrons. The fourth-order valence-corrected chi connectivity index (χ4v) is 3.82. The van der Waals surface area contributed by atoms with Crippen molar-refractivity contribution in [3.63, 3.8) is 0 Å². The molecule has 1 nitrogen and oxygen atoms in total. The Kier molecular flexibility index (Phi) is 4.77. The Morgan fingerprint density at radius 2 is 1.45 bits per heavy atom. The number of aryl methyl sites for hydroxylation is 4. The zero-order chi connectivity index (χ0) is 15.5. The van der Waals surface area contributed by atoms with Crippen molar-refractivity contribution < 1.29 is 4.79 Å². The highest BCUT2D eigenvalue weighted by Crippen LogP contribution is 2.24. The highest BCUT2D eigenvalue weighted by molar-refractivity contribution is 9.10. The molecule has 0 aromatic heterocycles. The largest absolute Gasteiger partial charge is 0.295 e. The number of hydrogen-bond acceptors (Lipinski definition) is 1. The van der Waals surface area contributed by atoms with Crippen LogP contribution in [0.2, 0.25) is 0 Å². The molecule has 0 fully saturated rings. The molecule has 0 unspecified atom stereocenters. The summed E-state index contributed by atoms with van der Waals surface area (Å²) >= 11 is 3.71. The quantitative estimate of drug-likeness (QED) is 0.632. The minimum Gasteiger partial charge on any atom is -0.295 e. The number of Topliss-reactive ketones (excluding diaryl/α,β-unsaturated/α-hetero) is 1. The first-order chi connectivity index (χ1) is 10.6. The molecule has 6 rings (SSSR count). The van der Waals surface area contributed by atoms with Crippen LogP contribution in [0, 0.1) is 0 Å². The van der Waals surface area contributed by atoms with Crippen LogP contribution in [-0.4, -0.2) is 5.78 Å². The lowest BCUT2D eigenvalue weighted by Crippen LogP contribution is -2.03. The van der Waals surface area contributed by atoms with Gasteiger partial charge in [-0.15, -0.1) is 0 Å². The van der Waals surface area contributed by atoms with Gasteiger partial charge in [0.1, 0.15) is 0 Å². The smallest absolute Gasteiger partial charge is 0.160 e. The minimum absolute atomic E-state index is 0.190. The lowest BCUT2D eigenvalue weighted by Gasteiger charge is -2.13. The maximum atomic E-state index is 11.9. The van der Waals surface area contributed by atoms with E-state index in [-0.39, 0.29) is 5.78 Å². The Hall–Kier alpha value is -1.41. The van der Waals surface area contributed by atoms with Crippen molar-refractivity contribution in [1.29, 1.82) is 0 Å². The summed E-state index contributed by atoms with van der Waals surface area (Å²) in [7, 11) is 0. The first kappa shape index (κ1) is 15.5. The third kappa shape index (κ3) is 3.49. The molecule has 114 valence electrons. The SMILES string of the molecule is CC(=O)c1cc2ccc1CCCCc1ccc(cc1Br)CC2. The number of carbonyl (C=O) groups excluding carboxylic acids is 1. The molecule has 0 atom stereocenters. The van der Waals surface area contributed by atoms with Gasteiger partial charge in [0.05, 0.1) is 0 Å². The van der Waals surface area contributed by atoms with Gasteiger partial charge in [-0.3, -0.25) is 4.79 Å². The van der Waals surface area contributed by atoms with Gasteiger partial charge in [-0.1, -0.05) is 40.2 Å². The number of halogens is 1. The molecule has 0 saturated heterocycles. The van der Waals surface area contributed by atoms with Gasteiger partial charge in [0.2, 0.25) is 0 Å². The summed E-state index contributed by atoms with van der Waals surface area (Å²) in [5.74, 6) is 0.190. The third-order valence-corrected chi connectivity index (χ3v) is 5.25. The van der Waals surface area contributed by atoms with E-state index >= 15 is 0 Å². The van der Waals surface area contributed by atoms with E-state index in [1.54, 1.807) is 6.92 Å². The van der Waals surface area contributed by atoms with Crippen molar-refractivity contribution in [2.45, 2.75) is 45.4 Å². The predicted molar refractivity (Wildman–Crippen MR) is 94.6 cm³/mol. The Labute approximate surface area is 140 Å². The fraction of sp³-hybridized carbons (Fsp3) is 0.350. The summed E-state index contributed by atoms with van der Waals surface area (Å²) in [6.07, 6.45) is 6.34. The van der Waals surface area contributed by atoms with Crippen LogP contribution in [-0.2, 0) is 25.7 Å². The van der Waals surface area contributed by atoms with E-state index in [9.17, 15) is 4.79 Å². The molecule has 0 aliphatic heterocycles. The number of carbonyl (C=O) groups is 1. The van der Waals surface area contributed by atoms with Crippen molar-refractivity contribution in [2.75, 3.05) is 0 Å². The van der Waals surface area contributed by atoms with Gasteiger partial charge in [-0.2, -0.15) is 0 Å². The normalized spacial score (nSPS) is 14.8. The van der Waals surface area contributed by atoms with Crippen LogP contribution in [0.4, 0.5) is 0 Å². The van der Waals surface area contributed by atoms with Crippen molar-refractivity contribution in [3.05, 3.63) is 68.7 Å². The first-order valence-electron chi connectivity index (χ1n) is 8.03. The summed E-state index contributed by atoms with van der Waals surface area (Å²) in [6, 6.07) is 13.2. The van der Waals surface area contributed by atoms with Crippen LogP contribution in [0.15, 0.2) is 40.9 Å². The molecule has 0 N–H and O–H groups in total. The molecule has 4 aliphatic rings. The number of rotatable bonds is 1. The van der Waals surface area contributed by atoms with Crippen LogP contribution in [0.5, 0.6) is 0 Å². The van der Waals surface area contributed by atoms with Crippen LogP contribution < -0.4 is 0 Å². The van der Waals surface area contributed by atoms with E-state index in [2.05, 4.69) is 52.3 Å². The molecule has 0 heterocycles. The van der Waals surface area contributed by atoms with Crippen LogP contribution in [0.1, 0.15) is 52.4 Å². The van der Waals surface area contributed by atoms with Gasteiger partial charge < -0.3 is 0 Å². The Morgan fingerprint density at radius 1 is 0.864 bits per heavy atom. The second kappa shape index (κ2) is 6.78. The van der Waals surface area contributed by atoms with E-state index in [0.717, 1.165) is 44.1 Å². The monoisotopic (exact) mass is 356 g/mol. The number of ketones is 1. The minimum atomic E-state index is 0.190. The molecule has 2 aromatic carbocycles. The van der Waals surface area contributed by atoms with Crippen molar-refractivity contribution >= 4 is 21.7 Å². The van der Waals surface area contributed by atoms with Crippen molar-refractivity contribution in [2.24, 2.45) is 0 Å². The average molecular weight is 357 g/mol. The first-order valence-corrected chi connectivity index (χ1v) is 8.83. The van der Waals surface area contributed by atoms with Crippen LogP contribution in [0.25, 0.3) is 0 Å². The van der Waals surface area contributed by atoms with E-state index in [1.165, 1.54) is 26.7 Å². The Balaban J connectivity index is 1.95. The van der Waals surface area contributed by atoms with Gasteiger partial charge in [-0.25, -0.2) is 0 Å². The van der Waals surface area contributed by atoms with Gasteiger partial charge >= 0.3 is 0 Å². The molecule has 2 heteroatoms. The number of benzene rings is 2. The van der Waals surface area contributed by atoms with Gasteiger partial charge in [0.15, 0.2) is 5.78 Å². The van der Waals surface area contributed by atoms with Gasteiger partial charge in [0, 0.05) is 10.0 Å². The van der Waals surface area contributed by atoms with E-state index in [1.807, 2.05) is 0 Å². The summed E-state index contributed by atoms with van der Waals surface area (Å²) in [6.45, 7) is 1.68. The zero-order valence-corrected chi connectivity index (χ0v) is 14.6. The topological polar surface area (TPSA) is 17.1 Å². The molecule has 2 aromatic rings. The summed E-state index contributed by atoms with van der Waals surface area (Å²) in [5, 5.41) is 0. The van der Waals surface area contributed by atoms with Crippen LogP contribution >= 0.6 is 15.9 Å². The molecule has 22 heavy (non-hydrogen) atoms. The summed E-state index contributed by atoms with van der Waals surface area (Å²) in [5.41, 5.74) is 6.12. The number of hydrogen-bond donors (Lipinski definition) is 0. The maximum absolute atomic E-state index is 11.9. The fourth-order valence-electron chi connectivity index (χ4n) is 3.19. The Morgan fingerprint density at radius 3 is 2.09 bits per heavy atom. The zero-order valence-electron chi connectivity index (χ0n) is 13.0. The summed E-state index contributed by atoms with van der Waals surface area (Å²) in [4.78, 5) is 11.9. The highest BCUT2D eigenvalue weighted by Gasteiger charge is 2.10. The second-order valence-electron chi connectivity index (χ2n) is 6.18. The average Bonchev–Trinajstić information content (AvgIpc) is 2.51. The standard InChI is InChI=1S/C20H21BrO/c1-14(22)19-12-15-6-7-16-9-11-18(20(21)13-16)5-3-2-4-17(19)10-8-15/h8-13H,2-7H2,1H3. The molecular weight excluding hydrogens is 336 g/mol. The van der Waals surface area contributed by atoms with Crippen molar-refractivity contribution in [1.82, 2.24) is 0 Å². The second-order valence-corrected chi connectivity index (χ2v) is 7.03. The van der Waals surface area contributed by atoms with Crippen LogP contribution in [0.3, 0.4) is 0 Å². The third-order valence-electron chi connectivity index (χ3n) is 4.52. The molecule has 4 bridgehead atoms. The molecule has 0 saturated carbocycles. The predicted octanol–water partition coefficient (Wildman–Crippen LogP) is 5.32. The molecule has 4 aliphatic carbocycles. The maximum Gasteiger partial charge on any atom is 0.160 e. The summed E-state index contributed by atoms with van der Waals surface area (Å²) < 4.78 is 1.24. The van der Waals surface area contributed by atoms with E-state index < -0.39 is 0 Å². The van der Waals surface area contributed by atoms with Gasteiger partial charge in [-0.05, 0) is 79.8 Å². The van der Waals surface area contributed by atoms with Gasteiger partial charge in [0.25, 0.3) is 0 Å². The molecular formula is C20H21BrO.